The number of nitrogens with one attached hydrogen (secondary N) is 1. The lowest BCUT2D eigenvalue weighted by Crippen LogP contribution is -2.10. The molecule has 3 N–H and O–H groups in total. The molecule has 3 rings (SSSR count). The van der Waals surface area contributed by atoms with Crippen molar-refractivity contribution in [1.29, 1.82) is 0 Å². The van der Waals surface area contributed by atoms with Crippen molar-refractivity contribution in [2.24, 2.45) is 5.41 Å². The number of nitrogens with zero attached hydrogens (tertiary/aromatic N) is 2. The molecule has 1 aromatic heterocycles. The Kier molecular flexibility index (Phi) is 2.02. The molecule has 0 aliphatic heterocycles. The van der Waals surface area contributed by atoms with E-state index in [4.69, 9.17) is 5.73 Å². The minimum absolute atomic E-state index is 0.373. The molecule has 0 radical (unpaired) electrons. The highest BCUT2D eigenvalue weighted by molar-refractivity contribution is 5.91. The van der Waals surface area contributed by atoms with E-state index >= 15 is 0 Å². The summed E-state index contributed by atoms with van der Waals surface area (Å²) in [4.78, 5) is 8.56. The molecule has 4 nitrogen and oxygen atoms in total. The number of aromatic nitrogens is 2. The Balaban J connectivity index is 2.01. The van der Waals surface area contributed by atoms with Gasteiger partial charge in [0.15, 0.2) is 0 Å². The molecule has 17 heavy (non-hydrogen) atoms. The number of nitrogens with two attached hydrogens (primary N) is 1. The summed E-state index contributed by atoms with van der Waals surface area (Å²) in [7, 11) is 0. The number of benzene rings is 1. The molecule has 2 aromatic rings. The SMILES string of the molecule is CC1(C)CC1Nc1ncnc2ccc(N)cc12. The van der Waals surface area contributed by atoms with Gasteiger partial charge in [0.2, 0.25) is 0 Å². The normalized spacial score (nSPS) is 21.4. The van der Waals surface area contributed by atoms with E-state index < -0.39 is 0 Å². The van der Waals surface area contributed by atoms with E-state index in [0.29, 0.717) is 11.5 Å². The van der Waals surface area contributed by atoms with Gasteiger partial charge in [0.05, 0.1) is 5.52 Å². The molecule has 1 unspecified atom stereocenters. The van der Waals surface area contributed by atoms with Crippen LogP contribution in [0.15, 0.2) is 24.5 Å². The highest BCUT2D eigenvalue weighted by atomic mass is 15.1. The second kappa shape index (κ2) is 3.32. The number of hydrogen-bond acceptors (Lipinski definition) is 4. The van der Waals surface area contributed by atoms with Crippen LogP contribution in [0, 0.1) is 5.41 Å². The van der Waals surface area contributed by atoms with Crippen LogP contribution in [-0.4, -0.2) is 16.0 Å². The Morgan fingerprint density at radius 3 is 2.82 bits per heavy atom. The van der Waals surface area contributed by atoms with E-state index in [1.165, 1.54) is 6.42 Å². The molecule has 0 saturated heterocycles. The van der Waals surface area contributed by atoms with Crippen LogP contribution in [0.4, 0.5) is 11.5 Å². The van der Waals surface area contributed by atoms with Crippen LogP contribution in [0.3, 0.4) is 0 Å². The molecule has 88 valence electrons. The van der Waals surface area contributed by atoms with Crippen LogP contribution in [0.5, 0.6) is 0 Å². The van der Waals surface area contributed by atoms with Crippen LogP contribution >= 0.6 is 0 Å². The first kappa shape index (κ1) is 10.3. The molecule has 0 bridgehead atoms. The molecule has 1 saturated carbocycles. The van der Waals surface area contributed by atoms with Crippen molar-refractivity contribution in [1.82, 2.24) is 9.97 Å². The smallest absolute Gasteiger partial charge is 0.137 e. The van der Waals surface area contributed by atoms with Crippen LogP contribution in [0.1, 0.15) is 20.3 Å². The van der Waals surface area contributed by atoms with Gasteiger partial charge in [-0.3, -0.25) is 0 Å². The van der Waals surface area contributed by atoms with Gasteiger partial charge >= 0.3 is 0 Å². The Bertz CT molecular complexity index is 577. The first-order valence-corrected chi connectivity index (χ1v) is 5.83. The summed E-state index contributed by atoms with van der Waals surface area (Å²) in [5.74, 6) is 0.887. The van der Waals surface area contributed by atoms with E-state index in [2.05, 4.69) is 29.1 Å². The third kappa shape index (κ3) is 1.79. The summed E-state index contributed by atoms with van der Waals surface area (Å²) in [5.41, 5.74) is 7.85. The fourth-order valence-electron chi connectivity index (χ4n) is 2.07. The number of hydrogen-bond donors (Lipinski definition) is 2. The van der Waals surface area contributed by atoms with E-state index in [9.17, 15) is 0 Å². The number of fused-ring (bicyclic) bond motifs is 1. The zero-order valence-corrected chi connectivity index (χ0v) is 10.1. The molecule has 4 heteroatoms. The van der Waals surface area contributed by atoms with Crippen molar-refractivity contribution in [2.75, 3.05) is 11.1 Å². The van der Waals surface area contributed by atoms with Gasteiger partial charge in [-0.2, -0.15) is 0 Å². The maximum Gasteiger partial charge on any atom is 0.137 e. The fraction of sp³-hybridized carbons (Fsp3) is 0.385. The zero-order valence-electron chi connectivity index (χ0n) is 10.1. The van der Waals surface area contributed by atoms with E-state index in [0.717, 1.165) is 22.4 Å². The van der Waals surface area contributed by atoms with Gasteiger partial charge in [0.1, 0.15) is 12.1 Å². The third-order valence-electron chi connectivity index (χ3n) is 3.48. The number of rotatable bonds is 2. The van der Waals surface area contributed by atoms with E-state index in [1.807, 2.05) is 18.2 Å². The molecule has 1 aromatic carbocycles. The minimum Gasteiger partial charge on any atom is -0.399 e. The first-order chi connectivity index (χ1) is 8.06. The minimum atomic E-state index is 0.373. The third-order valence-corrected chi connectivity index (χ3v) is 3.48. The Morgan fingerprint density at radius 2 is 2.12 bits per heavy atom. The maximum absolute atomic E-state index is 5.81. The fourth-order valence-corrected chi connectivity index (χ4v) is 2.07. The van der Waals surface area contributed by atoms with Crippen molar-refractivity contribution in [3.05, 3.63) is 24.5 Å². The van der Waals surface area contributed by atoms with Gasteiger partial charge in [0, 0.05) is 17.1 Å². The summed E-state index contributed by atoms with van der Waals surface area (Å²) >= 11 is 0. The largest absolute Gasteiger partial charge is 0.399 e. The van der Waals surface area contributed by atoms with Crippen molar-refractivity contribution in [2.45, 2.75) is 26.3 Å². The first-order valence-electron chi connectivity index (χ1n) is 5.83. The number of nitrogen functional groups attached to an aromatic ring is 1. The van der Waals surface area contributed by atoms with Gasteiger partial charge in [-0.1, -0.05) is 13.8 Å². The quantitative estimate of drug-likeness (QED) is 0.775. The summed E-state index contributed by atoms with van der Waals surface area (Å²) < 4.78 is 0. The van der Waals surface area contributed by atoms with Crippen LogP contribution in [0.2, 0.25) is 0 Å². The van der Waals surface area contributed by atoms with Gasteiger partial charge < -0.3 is 11.1 Å². The summed E-state index contributed by atoms with van der Waals surface area (Å²) in [6.07, 6.45) is 2.77. The molecule has 1 aliphatic rings. The molecule has 1 fully saturated rings. The predicted octanol–water partition coefficient (Wildman–Crippen LogP) is 2.42. The Labute approximate surface area is 100 Å². The second-order valence-electron chi connectivity index (χ2n) is 5.39. The Hall–Kier alpha value is -1.84. The van der Waals surface area contributed by atoms with Crippen molar-refractivity contribution < 1.29 is 0 Å². The van der Waals surface area contributed by atoms with Gasteiger partial charge in [-0.15, -0.1) is 0 Å². The van der Waals surface area contributed by atoms with E-state index in [-0.39, 0.29) is 0 Å². The lowest BCUT2D eigenvalue weighted by molar-refractivity contribution is 0.630. The molecule has 1 heterocycles. The van der Waals surface area contributed by atoms with Crippen LogP contribution in [-0.2, 0) is 0 Å². The molecule has 1 aliphatic carbocycles. The molecule has 1 atom stereocenters. The molecular weight excluding hydrogens is 212 g/mol. The Morgan fingerprint density at radius 1 is 1.35 bits per heavy atom. The highest BCUT2D eigenvalue weighted by Gasteiger charge is 2.45. The monoisotopic (exact) mass is 228 g/mol. The van der Waals surface area contributed by atoms with Gasteiger partial charge in [-0.05, 0) is 30.0 Å². The molecular formula is C13H16N4. The summed E-state index contributed by atoms with van der Waals surface area (Å²) in [6.45, 7) is 4.50. The highest BCUT2D eigenvalue weighted by Crippen LogP contribution is 2.46. The molecule has 0 amide bonds. The average Bonchev–Trinajstić information content (AvgIpc) is 2.87. The summed E-state index contributed by atoms with van der Waals surface area (Å²) in [6, 6.07) is 6.21. The molecule has 0 spiro atoms. The van der Waals surface area contributed by atoms with E-state index in [1.54, 1.807) is 6.33 Å². The standard InChI is InChI=1S/C13H16N4/c1-13(2)6-11(13)17-12-9-5-8(14)3-4-10(9)15-7-16-12/h3-5,7,11H,6,14H2,1-2H3,(H,15,16,17). The van der Waals surface area contributed by atoms with Crippen molar-refractivity contribution >= 4 is 22.4 Å². The topological polar surface area (TPSA) is 63.8 Å². The second-order valence-corrected chi connectivity index (χ2v) is 5.39. The van der Waals surface area contributed by atoms with Crippen LogP contribution in [0.25, 0.3) is 10.9 Å². The van der Waals surface area contributed by atoms with Crippen molar-refractivity contribution in [3.63, 3.8) is 0 Å². The van der Waals surface area contributed by atoms with Crippen molar-refractivity contribution in [3.8, 4) is 0 Å². The average molecular weight is 228 g/mol. The zero-order chi connectivity index (χ0) is 12.0. The lowest BCUT2D eigenvalue weighted by atomic mass is 10.2. The van der Waals surface area contributed by atoms with Gasteiger partial charge in [0.25, 0.3) is 0 Å². The van der Waals surface area contributed by atoms with Gasteiger partial charge in [-0.25, -0.2) is 9.97 Å². The van der Waals surface area contributed by atoms with Crippen LogP contribution < -0.4 is 11.1 Å². The maximum atomic E-state index is 5.81. The lowest BCUT2D eigenvalue weighted by Gasteiger charge is -2.09. The summed E-state index contributed by atoms with van der Waals surface area (Å²) in [5, 5.41) is 4.47. The predicted molar refractivity (Wildman–Crippen MR) is 69.8 cm³/mol. The number of anilines is 2.